The Morgan fingerprint density at radius 3 is 2.41 bits per heavy atom. The second kappa shape index (κ2) is 10.8. The van der Waals surface area contributed by atoms with Gasteiger partial charge in [0.25, 0.3) is 0 Å². The summed E-state index contributed by atoms with van der Waals surface area (Å²) in [4.78, 5) is 2.26. The van der Waals surface area contributed by atoms with E-state index in [9.17, 15) is 0 Å². The summed E-state index contributed by atoms with van der Waals surface area (Å²) in [7, 11) is 4.29. The third-order valence-electron chi connectivity index (χ3n) is 3.90. The highest BCUT2D eigenvalue weighted by Gasteiger charge is 1.99. The largest absolute Gasteiger partial charge is 0.313 e. The number of fused-ring (bicyclic) bond motifs is 1. The minimum Gasteiger partial charge on any atom is -0.313 e. The number of nitrogens with one attached hydrogen (secondary N) is 1. The fourth-order valence-corrected chi connectivity index (χ4v) is 2.70. The highest BCUT2D eigenvalue weighted by molar-refractivity contribution is 8.93. The maximum absolute atomic E-state index is 3.58. The predicted octanol–water partition coefficient (Wildman–Crippen LogP) is 4.63. The van der Waals surface area contributed by atoms with E-state index >= 15 is 0 Å². The summed E-state index contributed by atoms with van der Waals surface area (Å²) < 4.78 is 0. The summed E-state index contributed by atoms with van der Waals surface area (Å²) in [5, 5.41) is 6.29. The molecule has 0 atom stereocenters. The lowest BCUT2D eigenvalue weighted by molar-refractivity contribution is 0.389. The SMILES string of the molecule is Br.CN(C)CCCCCCNCc1cccc2ccccc12. The summed E-state index contributed by atoms with van der Waals surface area (Å²) in [6, 6.07) is 15.2. The molecule has 0 aliphatic heterocycles. The minimum absolute atomic E-state index is 0. The van der Waals surface area contributed by atoms with Crippen LogP contribution in [0.15, 0.2) is 42.5 Å². The Balaban J connectivity index is 0.00000242. The van der Waals surface area contributed by atoms with Crippen molar-refractivity contribution in [2.24, 2.45) is 0 Å². The van der Waals surface area contributed by atoms with Gasteiger partial charge in [-0.05, 0) is 56.4 Å². The van der Waals surface area contributed by atoms with E-state index < -0.39 is 0 Å². The summed E-state index contributed by atoms with van der Waals surface area (Å²) in [6.07, 6.45) is 5.26. The number of nitrogens with zero attached hydrogens (tertiary/aromatic N) is 1. The van der Waals surface area contributed by atoms with E-state index in [2.05, 4.69) is 66.8 Å². The predicted molar refractivity (Wildman–Crippen MR) is 103 cm³/mol. The normalized spacial score (nSPS) is 10.9. The van der Waals surface area contributed by atoms with Crippen molar-refractivity contribution in [1.29, 1.82) is 0 Å². The minimum atomic E-state index is 0. The summed E-state index contributed by atoms with van der Waals surface area (Å²) in [6.45, 7) is 3.30. The number of hydrogen-bond acceptors (Lipinski definition) is 2. The topological polar surface area (TPSA) is 15.3 Å². The molecule has 2 nitrogen and oxygen atoms in total. The van der Waals surface area contributed by atoms with Crippen LogP contribution in [0, 0.1) is 0 Å². The van der Waals surface area contributed by atoms with Gasteiger partial charge in [-0.25, -0.2) is 0 Å². The molecule has 0 amide bonds. The fraction of sp³-hybridized carbons (Fsp3) is 0.474. The monoisotopic (exact) mass is 364 g/mol. The molecule has 2 rings (SSSR count). The molecule has 0 saturated carbocycles. The molecule has 0 saturated heterocycles. The van der Waals surface area contributed by atoms with E-state index in [1.54, 1.807) is 0 Å². The van der Waals surface area contributed by atoms with Gasteiger partial charge in [0.2, 0.25) is 0 Å². The van der Waals surface area contributed by atoms with Crippen LogP contribution in [0.3, 0.4) is 0 Å². The Labute approximate surface area is 145 Å². The number of halogens is 1. The quantitative estimate of drug-likeness (QED) is 0.652. The Bertz CT molecular complexity index is 534. The van der Waals surface area contributed by atoms with Crippen molar-refractivity contribution in [3.63, 3.8) is 0 Å². The first-order valence-corrected chi connectivity index (χ1v) is 8.09. The number of unbranched alkanes of at least 4 members (excludes halogenated alkanes) is 3. The number of rotatable bonds is 9. The highest BCUT2D eigenvalue weighted by atomic mass is 79.9. The van der Waals surface area contributed by atoms with Gasteiger partial charge in [0.1, 0.15) is 0 Å². The second-order valence-electron chi connectivity index (χ2n) is 6.03. The molecule has 0 fully saturated rings. The molecular weight excluding hydrogens is 336 g/mol. The molecule has 3 heteroatoms. The maximum Gasteiger partial charge on any atom is 0.0211 e. The van der Waals surface area contributed by atoms with Crippen LogP contribution in [0.1, 0.15) is 31.2 Å². The molecule has 0 bridgehead atoms. The summed E-state index contributed by atoms with van der Waals surface area (Å²) in [5.41, 5.74) is 1.40. The van der Waals surface area contributed by atoms with Crippen molar-refractivity contribution in [3.8, 4) is 0 Å². The van der Waals surface area contributed by atoms with E-state index in [0.717, 1.165) is 13.1 Å². The summed E-state index contributed by atoms with van der Waals surface area (Å²) >= 11 is 0. The molecule has 2 aromatic rings. The van der Waals surface area contributed by atoms with Crippen molar-refractivity contribution < 1.29 is 0 Å². The van der Waals surface area contributed by atoms with Crippen LogP contribution in [0.2, 0.25) is 0 Å². The Morgan fingerprint density at radius 2 is 1.59 bits per heavy atom. The van der Waals surface area contributed by atoms with Gasteiger partial charge in [-0.1, -0.05) is 55.3 Å². The number of hydrogen-bond donors (Lipinski definition) is 1. The molecule has 0 aromatic heterocycles. The molecule has 2 aromatic carbocycles. The van der Waals surface area contributed by atoms with Gasteiger partial charge >= 0.3 is 0 Å². The van der Waals surface area contributed by atoms with E-state index in [4.69, 9.17) is 0 Å². The van der Waals surface area contributed by atoms with Crippen LogP contribution < -0.4 is 5.32 Å². The molecule has 22 heavy (non-hydrogen) atoms. The maximum atomic E-state index is 3.58. The van der Waals surface area contributed by atoms with Crippen molar-refractivity contribution in [1.82, 2.24) is 10.2 Å². The van der Waals surface area contributed by atoms with Crippen molar-refractivity contribution >= 4 is 27.8 Å². The van der Waals surface area contributed by atoms with Crippen LogP contribution in [-0.4, -0.2) is 32.1 Å². The van der Waals surface area contributed by atoms with E-state index in [0.29, 0.717) is 0 Å². The molecule has 0 radical (unpaired) electrons. The zero-order valence-corrected chi connectivity index (χ0v) is 15.6. The van der Waals surface area contributed by atoms with Crippen molar-refractivity contribution in [2.45, 2.75) is 32.2 Å². The Kier molecular flexibility index (Phi) is 9.37. The van der Waals surface area contributed by atoms with Gasteiger partial charge in [0.05, 0.1) is 0 Å². The van der Waals surface area contributed by atoms with Crippen molar-refractivity contribution in [2.75, 3.05) is 27.2 Å². The Morgan fingerprint density at radius 1 is 0.864 bits per heavy atom. The molecule has 0 unspecified atom stereocenters. The first kappa shape index (κ1) is 19.1. The standard InChI is InChI=1S/C19H28N2.BrH/c1-21(2)15-8-4-3-7-14-20-16-18-12-9-11-17-10-5-6-13-19(17)18;/h5-6,9-13,20H,3-4,7-8,14-16H2,1-2H3;1H. The van der Waals surface area contributed by atoms with Gasteiger partial charge in [-0.3, -0.25) is 0 Å². The molecule has 0 heterocycles. The first-order valence-electron chi connectivity index (χ1n) is 8.09. The first-order chi connectivity index (χ1) is 10.3. The Hall–Kier alpha value is -0.900. The average Bonchev–Trinajstić information content (AvgIpc) is 2.50. The van der Waals surface area contributed by atoms with Gasteiger partial charge in [0, 0.05) is 6.54 Å². The average molecular weight is 365 g/mol. The second-order valence-corrected chi connectivity index (χ2v) is 6.03. The van der Waals surface area contributed by atoms with Crippen LogP contribution in [0.4, 0.5) is 0 Å². The molecule has 0 aliphatic carbocycles. The van der Waals surface area contributed by atoms with Crippen LogP contribution in [0.5, 0.6) is 0 Å². The van der Waals surface area contributed by atoms with Gasteiger partial charge < -0.3 is 10.2 Å². The van der Waals surface area contributed by atoms with E-state index in [1.807, 2.05) is 0 Å². The molecule has 122 valence electrons. The van der Waals surface area contributed by atoms with Crippen LogP contribution >= 0.6 is 17.0 Å². The van der Waals surface area contributed by atoms with Gasteiger partial charge in [-0.15, -0.1) is 17.0 Å². The third kappa shape index (κ3) is 6.47. The zero-order chi connectivity index (χ0) is 14.9. The van der Waals surface area contributed by atoms with Gasteiger partial charge in [-0.2, -0.15) is 0 Å². The van der Waals surface area contributed by atoms with E-state index in [-0.39, 0.29) is 17.0 Å². The van der Waals surface area contributed by atoms with Crippen LogP contribution in [0.25, 0.3) is 10.8 Å². The zero-order valence-electron chi connectivity index (χ0n) is 13.8. The molecule has 0 aliphatic rings. The van der Waals surface area contributed by atoms with Crippen molar-refractivity contribution in [3.05, 3.63) is 48.0 Å². The fourth-order valence-electron chi connectivity index (χ4n) is 2.70. The lowest BCUT2D eigenvalue weighted by atomic mass is 10.0. The van der Waals surface area contributed by atoms with Gasteiger partial charge in [0.15, 0.2) is 0 Å². The van der Waals surface area contributed by atoms with Crippen LogP contribution in [-0.2, 0) is 6.54 Å². The molecule has 1 N–H and O–H groups in total. The molecule has 0 spiro atoms. The lowest BCUT2D eigenvalue weighted by Crippen LogP contribution is -2.15. The smallest absolute Gasteiger partial charge is 0.0211 e. The number of benzene rings is 2. The highest BCUT2D eigenvalue weighted by Crippen LogP contribution is 2.18. The third-order valence-corrected chi connectivity index (χ3v) is 3.90. The molecular formula is C19H29BrN2. The van der Waals surface area contributed by atoms with E-state index in [1.165, 1.54) is 48.6 Å². The summed E-state index contributed by atoms with van der Waals surface area (Å²) in [5.74, 6) is 0. The lowest BCUT2D eigenvalue weighted by Gasteiger charge is -2.10.